The molecule has 62 valence electrons. The highest BCUT2D eigenvalue weighted by atomic mass is 14.2. The van der Waals surface area contributed by atoms with Gasteiger partial charge in [0.25, 0.3) is 0 Å². The summed E-state index contributed by atoms with van der Waals surface area (Å²) in [4.78, 5) is 0. The fraction of sp³-hybridized carbons (Fsp3) is 0.182. The second-order valence-electron chi connectivity index (χ2n) is 2.42. The maximum atomic E-state index is 7.51. The number of rotatable bonds is 0. The lowest BCUT2D eigenvalue weighted by Crippen LogP contribution is -1.74. The van der Waals surface area contributed by atoms with Gasteiger partial charge in [0, 0.05) is 6.08 Å². The summed E-state index contributed by atoms with van der Waals surface area (Å²) < 4.78 is 0. The SMILES string of the molecule is C=CC#N.Cc1ccccc1C. The van der Waals surface area contributed by atoms with E-state index in [1.807, 2.05) is 0 Å². The van der Waals surface area contributed by atoms with Crippen LogP contribution in [0.15, 0.2) is 36.9 Å². The summed E-state index contributed by atoms with van der Waals surface area (Å²) in [6, 6.07) is 10.1. The largest absolute Gasteiger partial charge is 0.193 e. The van der Waals surface area contributed by atoms with Crippen molar-refractivity contribution in [2.45, 2.75) is 13.8 Å². The molecular formula is C11H13N. The monoisotopic (exact) mass is 159 g/mol. The summed E-state index contributed by atoms with van der Waals surface area (Å²) in [7, 11) is 0. The average molecular weight is 159 g/mol. The Balaban J connectivity index is 0.000000261. The lowest BCUT2D eigenvalue weighted by atomic mass is 10.1. The van der Waals surface area contributed by atoms with Gasteiger partial charge in [-0.2, -0.15) is 5.26 Å². The topological polar surface area (TPSA) is 23.8 Å². The van der Waals surface area contributed by atoms with Crippen molar-refractivity contribution in [1.29, 1.82) is 5.26 Å². The van der Waals surface area contributed by atoms with Gasteiger partial charge in [0.2, 0.25) is 0 Å². The standard InChI is InChI=1S/C8H10.C3H3N/c1-7-5-3-4-6-8(7)2;1-2-3-4/h3-6H,1-2H3;2H,1H2. The van der Waals surface area contributed by atoms with E-state index in [9.17, 15) is 0 Å². The molecule has 1 aromatic rings. The maximum absolute atomic E-state index is 7.51. The van der Waals surface area contributed by atoms with E-state index in [0.717, 1.165) is 0 Å². The number of allylic oxidation sites excluding steroid dienone is 1. The minimum atomic E-state index is 1.18. The Bertz CT molecular complexity index is 260. The first-order valence-corrected chi connectivity index (χ1v) is 3.75. The van der Waals surface area contributed by atoms with E-state index in [4.69, 9.17) is 5.26 Å². The Morgan fingerprint density at radius 1 is 1.25 bits per heavy atom. The summed E-state index contributed by atoms with van der Waals surface area (Å²) in [5.41, 5.74) is 2.74. The molecule has 0 spiro atoms. The third-order valence-electron chi connectivity index (χ3n) is 1.52. The van der Waals surface area contributed by atoms with Crippen LogP contribution in [0.1, 0.15) is 11.1 Å². The third kappa shape index (κ3) is 4.29. The first kappa shape index (κ1) is 10.4. The first-order chi connectivity index (χ1) is 5.72. The molecule has 0 saturated carbocycles. The summed E-state index contributed by atoms with van der Waals surface area (Å²) in [6.07, 6.45) is 1.18. The third-order valence-corrected chi connectivity index (χ3v) is 1.52. The molecule has 0 aliphatic carbocycles. The van der Waals surface area contributed by atoms with E-state index in [1.165, 1.54) is 17.2 Å². The minimum absolute atomic E-state index is 1.18. The number of aryl methyl sites for hydroxylation is 2. The van der Waals surface area contributed by atoms with Crippen LogP contribution in [0.25, 0.3) is 0 Å². The molecule has 0 fully saturated rings. The summed E-state index contributed by atoms with van der Waals surface area (Å²) >= 11 is 0. The molecule has 1 nitrogen and oxygen atoms in total. The lowest BCUT2D eigenvalue weighted by molar-refractivity contribution is 1.34. The molecule has 1 heteroatoms. The second-order valence-corrected chi connectivity index (χ2v) is 2.42. The van der Waals surface area contributed by atoms with E-state index < -0.39 is 0 Å². The van der Waals surface area contributed by atoms with Gasteiger partial charge in [-0.1, -0.05) is 30.8 Å². The van der Waals surface area contributed by atoms with Crippen LogP contribution in [0.5, 0.6) is 0 Å². The van der Waals surface area contributed by atoms with Crippen LogP contribution in [-0.2, 0) is 0 Å². The highest BCUT2D eigenvalue weighted by molar-refractivity contribution is 5.23. The molecule has 0 heterocycles. The van der Waals surface area contributed by atoms with Crippen molar-refractivity contribution in [3.05, 3.63) is 48.0 Å². The molecule has 0 saturated heterocycles. The molecule has 12 heavy (non-hydrogen) atoms. The molecule has 0 bridgehead atoms. The van der Waals surface area contributed by atoms with Gasteiger partial charge in [0.05, 0.1) is 6.07 Å². The van der Waals surface area contributed by atoms with Crippen molar-refractivity contribution in [3.63, 3.8) is 0 Å². The van der Waals surface area contributed by atoms with E-state index in [0.29, 0.717) is 0 Å². The molecule has 0 aliphatic heterocycles. The molecule has 1 rings (SSSR count). The molecule has 1 aromatic carbocycles. The maximum Gasteiger partial charge on any atom is 0.0905 e. The smallest absolute Gasteiger partial charge is 0.0905 e. The zero-order valence-corrected chi connectivity index (χ0v) is 7.54. The van der Waals surface area contributed by atoms with Crippen LogP contribution in [0.4, 0.5) is 0 Å². The first-order valence-electron chi connectivity index (χ1n) is 3.75. The van der Waals surface area contributed by atoms with E-state index in [-0.39, 0.29) is 0 Å². The van der Waals surface area contributed by atoms with Gasteiger partial charge in [-0.15, -0.1) is 0 Å². The fourth-order valence-corrected chi connectivity index (χ4v) is 0.663. The van der Waals surface area contributed by atoms with Crippen LogP contribution < -0.4 is 0 Å². The predicted molar refractivity (Wildman–Crippen MR) is 51.7 cm³/mol. The van der Waals surface area contributed by atoms with Gasteiger partial charge < -0.3 is 0 Å². The van der Waals surface area contributed by atoms with Crippen molar-refractivity contribution in [2.24, 2.45) is 0 Å². The molecular weight excluding hydrogens is 146 g/mol. The number of benzene rings is 1. The van der Waals surface area contributed by atoms with Crippen molar-refractivity contribution in [3.8, 4) is 6.07 Å². The Kier molecular flexibility index (Phi) is 5.38. The van der Waals surface area contributed by atoms with Crippen LogP contribution in [0.3, 0.4) is 0 Å². The van der Waals surface area contributed by atoms with E-state index >= 15 is 0 Å². The number of nitriles is 1. The van der Waals surface area contributed by atoms with Gasteiger partial charge in [-0.3, -0.25) is 0 Å². The van der Waals surface area contributed by atoms with Gasteiger partial charge in [0.1, 0.15) is 0 Å². The van der Waals surface area contributed by atoms with Crippen molar-refractivity contribution < 1.29 is 0 Å². The quantitative estimate of drug-likeness (QED) is 0.534. The predicted octanol–water partition coefficient (Wildman–Crippen LogP) is 3.00. The fourth-order valence-electron chi connectivity index (χ4n) is 0.663. The minimum Gasteiger partial charge on any atom is -0.193 e. The molecule has 0 atom stereocenters. The van der Waals surface area contributed by atoms with Gasteiger partial charge in [-0.25, -0.2) is 0 Å². The van der Waals surface area contributed by atoms with E-state index in [1.54, 1.807) is 6.07 Å². The Labute approximate surface area is 74.0 Å². The summed E-state index contributed by atoms with van der Waals surface area (Å²) in [5.74, 6) is 0. The highest BCUT2D eigenvalue weighted by Gasteiger charge is 1.83. The zero-order chi connectivity index (χ0) is 9.40. The van der Waals surface area contributed by atoms with Gasteiger partial charge >= 0.3 is 0 Å². The van der Waals surface area contributed by atoms with Crippen LogP contribution in [0, 0.1) is 25.2 Å². The second kappa shape index (κ2) is 6.18. The summed E-state index contributed by atoms with van der Waals surface area (Å²) in [6.45, 7) is 7.36. The van der Waals surface area contributed by atoms with E-state index in [2.05, 4.69) is 44.7 Å². The molecule has 0 aromatic heterocycles. The molecule has 0 radical (unpaired) electrons. The number of hydrogen-bond donors (Lipinski definition) is 0. The number of nitrogens with zero attached hydrogens (tertiary/aromatic N) is 1. The molecule has 0 amide bonds. The van der Waals surface area contributed by atoms with Crippen molar-refractivity contribution in [1.82, 2.24) is 0 Å². The van der Waals surface area contributed by atoms with Crippen molar-refractivity contribution in [2.75, 3.05) is 0 Å². The number of hydrogen-bond acceptors (Lipinski definition) is 1. The van der Waals surface area contributed by atoms with Crippen LogP contribution in [0.2, 0.25) is 0 Å². The molecule has 0 aliphatic rings. The molecule has 0 unspecified atom stereocenters. The van der Waals surface area contributed by atoms with Gasteiger partial charge in [0.15, 0.2) is 0 Å². The Morgan fingerprint density at radius 3 is 1.75 bits per heavy atom. The zero-order valence-electron chi connectivity index (χ0n) is 7.54. The van der Waals surface area contributed by atoms with Crippen LogP contribution in [-0.4, -0.2) is 0 Å². The van der Waals surface area contributed by atoms with Gasteiger partial charge in [-0.05, 0) is 25.0 Å². The highest BCUT2D eigenvalue weighted by Crippen LogP contribution is 2.02. The average Bonchev–Trinajstić information content (AvgIpc) is 2.11. The molecule has 0 N–H and O–H groups in total. The Hall–Kier alpha value is -1.55. The van der Waals surface area contributed by atoms with Crippen LogP contribution >= 0.6 is 0 Å². The van der Waals surface area contributed by atoms with Crippen molar-refractivity contribution >= 4 is 0 Å². The normalized spacial score (nSPS) is 7.42. The summed E-state index contributed by atoms with van der Waals surface area (Å²) in [5, 5.41) is 7.51. The lowest BCUT2D eigenvalue weighted by Gasteiger charge is -1.93. The Morgan fingerprint density at radius 2 is 1.58 bits per heavy atom.